The van der Waals surface area contributed by atoms with Gasteiger partial charge in [-0.2, -0.15) is 0 Å². The van der Waals surface area contributed by atoms with Crippen molar-refractivity contribution in [1.82, 2.24) is 24.3 Å². The van der Waals surface area contributed by atoms with E-state index in [9.17, 15) is 5.11 Å². The molecule has 0 spiro atoms. The quantitative estimate of drug-likeness (QED) is 0.629. The molecule has 8 heteroatoms. The molecule has 0 aliphatic heterocycles. The van der Waals surface area contributed by atoms with Crippen molar-refractivity contribution in [3.63, 3.8) is 0 Å². The van der Waals surface area contributed by atoms with Crippen molar-refractivity contribution < 1.29 is 5.11 Å². The van der Waals surface area contributed by atoms with Crippen LogP contribution in [0.2, 0.25) is 0 Å². The van der Waals surface area contributed by atoms with Crippen LogP contribution in [0.25, 0.3) is 5.65 Å². The van der Waals surface area contributed by atoms with Crippen molar-refractivity contribution in [3.8, 4) is 0 Å². The Morgan fingerprint density at radius 3 is 2.46 bits per heavy atom. The molecule has 0 aliphatic rings. The van der Waals surface area contributed by atoms with Crippen LogP contribution in [0, 0.1) is 5.41 Å². The second-order valence-corrected chi connectivity index (χ2v) is 6.52. The van der Waals surface area contributed by atoms with E-state index in [0.717, 1.165) is 0 Å². The Morgan fingerprint density at radius 1 is 1.12 bits per heavy atom. The van der Waals surface area contributed by atoms with Crippen molar-refractivity contribution in [1.29, 1.82) is 0 Å². The molecule has 3 heterocycles. The topological polar surface area (TPSA) is 100 Å². The zero-order valence-corrected chi connectivity index (χ0v) is 14.1. The van der Waals surface area contributed by atoms with E-state index in [2.05, 4.69) is 30.6 Å². The molecule has 0 saturated heterocycles. The van der Waals surface area contributed by atoms with Gasteiger partial charge in [0.15, 0.2) is 17.2 Å². The summed E-state index contributed by atoms with van der Waals surface area (Å²) in [6.45, 7) is 5.80. The lowest BCUT2D eigenvalue weighted by atomic mass is 9.80. The van der Waals surface area contributed by atoms with Gasteiger partial charge >= 0.3 is 0 Å². The van der Waals surface area contributed by atoms with Gasteiger partial charge in [0, 0.05) is 37.3 Å². The van der Waals surface area contributed by atoms with Crippen LogP contribution in [0.5, 0.6) is 0 Å². The second-order valence-electron chi connectivity index (χ2n) is 6.52. The molecule has 0 aromatic carbocycles. The molecule has 0 saturated carbocycles. The van der Waals surface area contributed by atoms with Crippen LogP contribution in [0.1, 0.15) is 26.5 Å². The summed E-state index contributed by atoms with van der Waals surface area (Å²) in [6, 6.07) is 1.72. The van der Waals surface area contributed by atoms with E-state index in [1.807, 2.05) is 20.8 Å². The zero-order chi connectivity index (χ0) is 17.4. The minimum Gasteiger partial charge on any atom is -0.371 e. The van der Waals surface area contributed by atoms with E-state index < -0.39 is 11.1 Å². The molecule has 1 unspecified atom stereocenters. The highest BCUT2D eigenvalue weighted by Crippen LogP contribution is 2.42. The molecule has 3 aromatic rings. The summed E-state index contributed by atoms with van der Waals surface area (Å²) in [4.78, 5) is 16.9. The number of imidazole rings is 1. The maximum absolute atomic E-state index is 11.7. The van der Waals surface area contributed by atoms with Gasteiger partial charge in [0.05, 0.1) is 6.20 Å². The number of anilines is 2. The maximum Gasteiger partial charge on any atom is 0.225 e. The SMILES string of the molecule is CNc1nc2cnccn2c1C(O)(Nc1ncccn1)C(C)(C)C. The van der Waals surface area contributed by atoms with Gasteiger partial charge in [0.25, 0.3) is 0 Å². The highest BCUT2D eigenvalue weighted by Gasteiger charge is 2.46. The fraction of sp³-hybridized carbons (Fsp3) is 0.375. The number of rotatable bonds is 4. The average Bonchev–Trinajstić information content (AvgIpc) is 2.93. The fourth-order valence-corrected chi connectivity index (χ4v) is 2.55. The molecule has 24 heavy (non-hydrogen) atoms. The van der Waals surface area contributed by atoms with Crippen LogP contribution in [0.15, 0.2) is 37.1 Å². The van der Waals surface area contributed by atoms with Crippen LogP contribution < -0.4 is 10.6 Å². The number of aliphatic hydroxyl groups is 1. The van der Waals surface area contributed by atoms with Gasteiger partial charge in [-0.15, -0.1) is 0 Å². The first-order chi connectivity index (χ1) is 11.4. The summed E-state index contributed by atoms with van der Waals surface area (Å²) in [5.74, 6) is 0.893. The van der Waals surface area contributed by atoms with Gasteiger partial charge < -0.3 is 15.7 Å². The van der Waals surface area contributed by atoms with Crippen LogP contribution in [0.3, 0.4) is 0 Å². The largest absolute Gasteiger partial charge is 0.371 e. The first-order valence-electron chi connectivity index (χ1n) is 7.64. The van der Waals surface area contributed by atoms with Gasteiger partial charge in [-0.05, 0) is 6.07 Å². The highest BCUT2D eigenvalue weighted by molar-refractivity contribution is 5.57. The summed E-state index contributed by atoms with van der Waals surface area (Å²) in [5.41, 5.74) is -0.859. The molecule has 0 fully saturated rings. The predicted molar refractivity (Wildman–Crippen MR) is 91.5 cm³/mol. The van der Waals surface area contributed by atoms with E-state index >= 15 is 0 Å². The van der Waals surface area contributed by atoms with E-state index in [4.69, 9.17) is 0 Å². The molecule has 1 atom stereocenters. The van der Waals surface area contributed by atoms with Gasteiger partial charge in [0.1, 0.15) is 5.69 Å². The Bertz CT molecular complexity index is 841. The van der Waals surface area contributed by atoms with Crippen molar-refractivity contribution in [3.05, 3.63) is 42.7 Å². The smallest absolute Gasteiger partial charge is 0.225 e. The van der Waals surface area contributed by atoms with Gasteiger partial charge in [-0.1, -0.05) is 20.8 Å². The molecule has 3 aromatic heterocycles. The van der Waals surface area contributed by atoms with Crippen molar-refractivity contribution >= 4 is 17.4 Å². The third-order valence-corrected chi connectivity index (χ3v) is 3.95. The average molecular weight is 327 g/mol. The molecule has 0 bridgehead atoms. The normalized spacial score (nSPS) is 14.4. The Balaban J connectivity index is 2.24. The van der Waals surface area contributed by atoms with E-state index in [1.54, 1.807) is 48.5 Å². The lowest BCUT2D eigenvalue weighted by Gasteiger charge is -2.40. The van der Waals surface area contributed by atoms with E-state index in [1.165, 1.54) is 0 Å². The van der Waals surface area contributed by atoms with Crippen molar-refractivity contribution in [2.45, 2.75) is 26.5 Å². The van der Waals surface area contributed by atoms with Gasteiger partial charge in [-0.25, -0.2) is 15.0 Å². The number of fused-ring (bicyclic) bond motifs is 1. The minimum absolute atomic E-state index is 0.334. The Hall–Kier alpha value is -2.74. The maximum atomic E-state index is 11.7. The van der Waals surface area contributed by atoms with Crippen LogP contribution in [0.4, 0.5) is 11.8 Å². The van der Waals surface area contributed by atoms with Gasteiger partial charge in [0.2, 0.25) is 5.95 Å². The summed E-state index contributed by atoms with van der Waals surface area (Å²) in [5, 5.41) is 17.8. The van der Waals surface area contributed by atoms with Crippen molar-refractivity contribution in [2.24, 2.45) is 5.41 Å². The summed E-state index contributed by atoms with van der Waals surface area (Å²) in [7, 11) is 1.76. The minimum atomic E-state index is -1.48. The third-order valence-electron chi connectivity index (χ3n) is 3.95. The molecule has 0 amide bonds. The molecule has 0 radical (unpaired) electrons. The molecular weight excluding hydrogens is 306 g/mol. The third kappa shape index (κ3) is 2.54. The fourth-order valence-electron chi connectivity index (χ4n) is 2.55. The van der Waals surface area contributed by atoms with Crippen LogP contribution >= 0.6 is 0 Å². The van der Waals surface area contributed by atoms with Crippen LogP contribution in [-0.4, -0.2) is 36.5 Å². The number of hydrogen-bond acceptors (Lipinski definition) is 7. The molecular formula is C16H21N7O. The number of hydrogen-bond donors (Lipinski definition) is 3. The van der Waals surface area contributed by atoms with Gasteiger partial charge in [-0.3, -0.25) is 9.38 Å². The zero-order valence-electron chi connectivity index (χ0n) is 14.1. The first-order valence-corrected chi connectivity index (χ1v) is 7.64. The first kappa shape index (κ1) is 16.1. The van der Waals surface area contributed by atoms with Crippen LogP contribution in [-0.2, 0) is 5.72 Å². The number of nitrogens with zero attached hydrogens (tertiary/aromatic N) is 5. The van der Waals surface area contributed by atoms with E-state index in [0.29, 0.717) is 23.1 Å². The molecule has 3 rings (SSSR count). The summed E-state index contributed by atoms with van der Waals surface area (Å²) >= 11 is 0. The van der Waals surface area contributed by atoms with E-state index in [-0.39, 0.29) is 0 Å². The number of nitrogens with one attached hydrogen (secondary N) is 2. The predicted octanol–water partition coefficient (Wildman–Crippen LogP) is 1.86. The highest BCUT2D eigenvalue weighted by atomic mass is 16.3. The standard InChI is InChI=1S/C16H21N7O/c1-15(2,3)16(24,22-14-19-6-5-7-20-14)12-13(17-4)21-11-10-18-8-9-23(11)12/h5-10,17,24H,1-4H3,(H,19,20,22). The Kier molecular flexibility index (Phi) is 3.84. The number of aromatic nitrogens is 5. The summed E-state index contributed by atoms with van der Waals surface area (Å²) in [6.07, 6.45) is 8.31. The van der Waals surface area contributed by atoms with Crippen molar-refractivity contribution in [2.75, 3.05) is 17.7 Å². The Labute approximate surface area is 140 Å². The molecule has 0 aliphatic carbocycles. The lowest BCUT2D eigenvalue weighted by molar-refractivity contribution is -0.0421. The summed E-state index contributed by atoms with van der Waals surface area (Å²) < 4.78 is 1.81. The Morgan fingerprint density at radius 2 is 1.83 bits per heavy atom. The monoisotopic (exact) mass is 327 g/mol. The second kappa shape index (κ2) is 5.72. The molecule has 3 N–H and O–H groups in total. The lowest BCUT2D eigenvalue weighted by Crippen LogP contribution is -2.48. The molecule has 126 valence electrons. The molecule has 8 nitrogen and oxygen atoms in total.